The van der Waals surface area contributed by atoms with E-state index in [-0.39, 0.29) is 17.4 Å². The molecule has 38 heavy (non-hydrogen) atoms. The van der Waals surface area contributed by atoms with Crippen LogP contribution in [0.5, 0.6) is 0 Å². The summed E-state index contributed by atoms with van der Waals surface area (Å²) in [6.45, 7) is 4.07. The van der Waals surface area contributed by atoms with Gasteiger partial charge in [-0.1, -0.05) is 19.9 Å². The molecule has 0 saturated heterocycles. The van der Waals surface area contributed by atoms with Gasteiger partial charge in [-0.2, -0.15) is 0 Å². The summed E-state index contributed by atoms with van der Waals surface area (Å²) in [6, 6.07) is 9.66. The van der Waals surface area contributed by atoms with Crippen molar-refractivity contribution in [2.75, 3.05) is 5.32 Å². The Labute approximate surface area is 219 Å². The quantitative estimate of drug-likeness (QED) is 0.321. The second kappa shape index (κ2) is 9.61. The fraction of sp³-hybridized carbons (Fsp3) is 0.407. The summed E-state index contributed by atoms with van der Waals surface area (Å²) >= 11 is 0. The van der Waals surface area contributed by atoms with E-state index in [4.69, 9.17) is 20.0 Å². The first-order valence-corrected chi connectivity index (χ1v) is 14.1. The zero-order valence-electron chi connectivity index (χ0n) is 21.2. The molecule has 1 saturated carbocycles. The van der Waals surface area contributed by atoms with Gasteiger partial charge in [0.15, 0.2) is 0 Å². The molecular weight excluding hydrogens is 512 g/mol. The second-order valence-electron chi connectivity index (χ2n) is 11.1. The highest BCUT2D eigenvalue weighted by atomic mass is 31.2. The molecule has 0 unspecified atom stereocenters. The van der Waals surface area contributed by atoms with Gasteiger partial charge >= 0.3 is 7.82 Å². The largest absolute Gasteiger partial charge is 0.469 e. The minimum absolute atomic E-state index is 0.0609. The molecule has 1 aliphatic heterocycles. The zero-order valence-corrected chi connectivity index (χ0v) is 22.1. The molecule has 202 valence electrons. The average molecular weight is 544 g/mol. The molecule has 5 rings (SSSR count). The highest BCUT2D eigenvalue weighted by Gasteiger charge is 2.35. The Morgan fingerprint density at radius 3 is 2.50 bits per heavy atom. The third-order valence-corrected chi connectivity index (χ3v) is 8.02. The Kier molecular flexibility index (Phi) is 6.72. The van der Waals surface area contributed by atoms with Crippen molar-refractivity contribution < 1.29 is 32.9 Å². The molecule has 11 heteroatoms. The van der Waals surface area contributed by atoms with Crippen LogP contribution in [-0.2, 0) is 15.5 Å². The summed E-state index contributed by atoms with van der Waals surface area (Å²) in [4.78, 5) is 43.6. The number of hydrogen-bond acceptors (Lipinski definition) is 5. The summed E-state index contributed by atoms with van der Waals surface area (Å²) in [5.41, 5.74) is 9.16. The lowest BCUT2D eigenvalue weighted by Gasteiger charge is -2.31. The van der Waals surface area contributed by atoms with Crippen molar-refractivity contribution in [1.82, 2.24) is 4.57 Å². The van der Waals surface area contributed by atoms with E-state index < -0.39 is 25.7 Å². The Balaban J connectivity index is 1.54. The SMILES string of the molecule is CC1(C)CC(=O)n2c(c(-c3ccc(C(N)=O)c(NC4CCC(OP(=O)(O)O)CC4)c3)c3ccc(F)cc32)C1. The van der Waals surface area contributed by atoms with Gasteiger partial charge in [0.25, 0.3) is 5.91 Å². The number of halogens is 1. The highest BCUT2D eigenvalue weighted by Crippen LogP contribution is 2.44. The van der Waals surface area contributed by atoms with Crippen molar-refractivity contribution in [2.45, 2.75) is 64.5 Å². The van der Waals surface area contributed by atoms with E-state index in [1.807, 2.05) is 19.9 Å². The van der Waals surface area contributed by atoms with Crippen LogP contribution in [0.4, 0.5) is 10.1 Å². The van der Waals surface area contributed by atoms with E-state index in [1.165, 1.54) is 12.1 Å². The summed E-state index contributed by atoms with van der Waals surface area (Å²) < 4.78 is 31.9. The van der Waals surface area contributed by atoms with Crippen LogP contribution in [-0.4, -0.2) is 38.3 Å². The monoisotopic (exact) mass is 543 g/mol. The molecular formula is C27H31FN3O6P. The van der Waals surface area contributed by atoms with Gasteiger partial charge in [-0.3, -0.25) is 18.7 Å². The van der Waals surface area contributed by atoms with Gasteiger partial charge in [0, 0.05) is 34.8 Å². The first kappa shape index (κ1) is 26.6. The maximum absolute atomic E-state index is 14.2. The molecule has 1 amide bonds. The maximum atomic E-state index is 14.2. The summed E-state index contributed by atoms with van der Waals surface area (Å²) in [7, 11) is -4.55. The molecule has 2 aliphatic rings. The predicted molar refractivity (Wildman–Crippen MR) is 141 cm³/mol. The van der Waals surface area contributed by atoms with Gasteiger partial charge in [-0.05, 0) is 73.4 Å². The normalized spacial score (nSPS) is 21.3. The molecule has 1 aromatic heterocycles. The van der Waals surface area contributed by atoms with Gasteiger partial charge in [0.2, 0.25) is 5.91 Å². The number of nitrogens with two attached hydrogens (primary N) is 1. The van der Waals surface area contributed by atoms with E-state index in [1.54, 1.807) is 22.8 Å². The number of phosphoric ester groups is 1. The third-order valence-electron chi connectivity index (χ3n) is 7.45. The van der Waals surface area contributed by atoms with Gasteiger partial charge in [-0.25, -0.2) is 8.96 Å². The van der Waals surface area contributed by atoms with Crippen LogP contribution < -0.4 is 11.1 Å². The van der Waals surface area contributed by atoms with E-state index in [0.717, 1.165) is 22.2 Å². The topological polar surface area (TPSA) is 144 Å². The van der Waals surface area contributed by atoms with Crippen molar-refractivity contribution in [3.8, 4) is 11.1 Å². The Morgan fingerprint density at radius 2 is 1.84 bits per heavy atom. The standard InChI is InChI=1S/C27H31FN3O6P/c1-27(2)13-23-25(20-10-4-16(28)12-22(20)31(23)24(32)14-27)15-3-9-19(26(29)33)21(11-15)30-17-5-7-18(8-6-17)37-38(34,35)36/h3-4,9-12,17-18,30H,5-8,13-14H2,1-2H3,(H2,29,33)(H2,34,35,36). The smallest absolute Gasteiger partial charge is 0.382 e. The molecule has 0 spiro atoms. The number of phosphoric acid groups is 1. The number of nitrogens with one attached hydrogen (secondary N) is 1. The number of hydrogen-bond donors (Lipinski definition) is 4. The number of carbonyl (C=O) groups is 2. The molecule has 0 bridgehead atoms. The van der Waals surface area contributed by atoms with Crippen LogP contribution in [0, 0.1) is 11.2 Å². The summed E-state index contributed by atoms with van der Waals surface area (Å²) in [6.07, 6.45) is 2.51. The third kappa shape index (κ3) is 5.27. The second-order valence-corrected chi connectivity index (χ2v) is 12.3. The molecule has 2 aromatic carbocycles. The van der Waals surface area contributed by atoms with E-state index in [2.05, 4.69) is 5.32 Å². The van der Waals surface area contributed by atoms with Crippen molar-refractivity contribution in [1.29, 1.82) is 0 Å². The number of primary amides is 1. The van der Waals surface area contributed by atoms with E-state index >= 15 is 0 Å². The van der Waals surface area contributed by atoms with Crippen molar-refractivity contribution in [2.24, 2.45) is 11.1 Å². The molecule has 0 atom stereocenters. The number of amides is 1. The van der Waals surface area contributed by atoms with E-state index in [9.17, 15) is 18.5 Å². The Bertz CT molecular complexity index is 1490. The lowest BCUT2D eigenvalue weighted by Crippen LogP contribution is -2.31. The summed E-state index contributed by atoms with van der Waals surface area (Å²) in [5.74, 6) is -1.11. The van der Waals surface area contributed by atoms with Gasteiger partial charge in [0.05, 0.1) is 17.2 Å². The molecule has 1 fully saturated rings. The molecule has 1 aliphatic carbocycles. The van der Waals surface area contributed by atoms with Crippen LogP contribution in [0.1, 0.15) is 66.8 Å². The first-order chi connectivity index (χ1) is 17.8. The van der Waals surface area contributed by atoms with Crippen LogP contribution in [0.15, 0.2) is 36.4 Å². The van der Waals surface area contributed by atoms with Crippen LogP contribution >= 0.6 is 7.82 Å². The number of rotatable bonds is 6. The molecule has 2 heterocycles. The number of carbonyl (C=O) groups excluding carboxylic acids is 2. The minimum atomic E-state index is -4.55. The number of nitrogens with zero attached hydrogens (tertiary/aromatic N) is 1. The highest BCUT2D eigenvalue weighted by molar-refractivity contribution is 7.46. The van der Waals surface area contributed by atoms with Crippen molar-refractivity contribution in [3.05, 3.63) is 53.5 Å². The zero-order chi connectivity index (χ0) is 27.4. The summed E-state index contributed by atoms with van der Waals surface area (Å²) in [5, 5.41) is 4.14. The lowest BCUT2D eigenvalue weighted by molar-refractivity contribution is 0.0815. The van der Waals surface area contributed by atoms with E-state index in [0.29, 0.717) is 55.3 Å². The van der Waals surface area contributed by atoms with Crippen LogP contribution in [0.2, 0.25) is 0 Å². The first-order valence-electron chi connectivity index (χ1n) is 12.6. The van der Waals surface area contributed by atoms with Crippen LogP contribution in [0.25, 0.3) is 22.0 Å². The van der Waals surface area contributed by atoms with Crippen LogP contribution in [0.3, 0.4) is 0 Å². The number of benzene rings is 2. The molecule has 5 N–H and O–H groups in total. The average Bonchev–Trinajstić information content (AvgIpc) is 3.11. The molecule has 9 nitrogen and oxygen atoms in total. The molecule has 0 radical (unpaired) electrons. The predicted octanol–water partition coefficient (Wildman–Crippen LogP) is 4.99. The lowest BCUT2D eigenvalue weighted by atomic mass is 9.80. The van der Waals surface area contributed by atoms with Gasteiger partial charge in [0.1, 0.15) is 5.82 Å². The van der Waals surface area contributed by atoms with Gasteiger partial charge in [-0.15, -0.1) is 0 Å². The fourth-order valence-corrected chi connectivity index (χ4v) is 6.45. The number of anilines is 1. The number of aromatic nitrogens is 1. The number of fused-ring (bicyclic) bond motifs is 3. The van der Waals surface area contributed by atoms with Gasteiger partial charge < -0.3 is 20.8 Å². The maximum Gasteiger partial charge on any atom is 0.469 e. The van der Waals surface area contributed by atoms with Crippen molar-refractivity contribution in [3.63, 3.8) is 0 Å². The molecule has 3 aromatic rings. The fourth-order valence-electron chi connectivity index (χ4n) is 5.85. The minimum Gasteiger partial charge on any atom is -0.382 e. The Hall–Kier alpha value is -3.04. The van der Waals surface area contributed by atoms with Crippen molar-refractivity contribution >= 4 is 36.2 Å². The Morgan fingerprint density at radius 1 is 1.13 bits per heavy atom.